The molecule has 4 heteroatoms. The van der Waals surface area contributed by atoms with Crippen molar-refractivity contribution in [2.45, 2.75) is 6.54 Å². The average molecular weight is 303 g/mol. The Balaban J connectivity index is 1.54. The van der Waals surface area contributed by atoms with E-state index in [0.29, 0.717) is 11.6 Å². The number of halogens is 1. The van der Waals surface area contributed by atoms with Gasteiger partial charge in [-0.25, -0.2) is 0 Å². The van der Waals surface area contributed by atoms with Crippen LogP contribution in [-0.2, 0) is 6.54 Å². The molecule has 0 saturated carbocycles. The van der Waals surface area contributed by atoms with Crippen molar-refractivity contribution in [1.82, 2.24) is 0 Å². The van der Waals surface area contributed by atoms with E-state index in [9.17, 15) is 0 Å². The Morgan fingerprint density at radius 3 is 2.81 bits per heavy atom. The van der Waals surface area contributed by atoms with Crippen LogP contribution in [-0.4, -0.2) is 13.2 Å². The third-order valence-electron chi connectivity index (χ3n) is 3.33. The molecule has 0 atom stereocenters. The number of rotatable bonds is 6. The largest absolute Gasteiger partial charge is 0.486 e. The molecular formula is C17H17ClNO2+. The van der Waals surface area contributed by atoms with Gasteiger partial charge in [0, 0.05) is 5.39 Å². The molecule has 0 saturated heterocycles. The number of hydrogen-bond donors (Lipinski definition) is 1. The molecule has 0 radical (unpaired) electrons. The quantitative estimate of drug-likeness (QED) is 0.710. The van der Waals surface area contributed by atoms with Gasteiger partial charge in [-0.2, -0.15) is 0 Å². The van der Waals surface area contributed by atoms with Gasteiger partial charge in [0.25, 0.3) is 0 Å². The number of fused-ring (bicyclic) bond motifs is 1. The fraction of sp³-hybridized carbons (Fsp3) is 0.176. The highest BCUT2D eigenvalue weighted by molar-refractivity contribution is 6.37. The number of nitrogens with two attached hydrogens (primary N) is 1. The van der Waals surface area contributed by atoms with E-state index in [1.807, 2.05) is 48.5 Å². The van der Waals surface area contributed by atoms with Crippen LogP contribution in [0.25, 0.3) is 10.8 Å². The highest BCUT2D eigenvalue weighted by Gasteiger charge is 2.06. The summed E-state index contributed by atoms with van der Waals surface area (Å²) in [7, 11) is 0. The molecule has 2 aromatic carbocycles. The van der Waals surface area contributed by atoms with E-state index in [-0.39, 0.29) is 0 Å². The third kappa shape index (κ3) is 3.38. The zero-order chi connectivity index (χ0) is 14.5. The topological polar surface area (TPSA) is 39.0 Å². The van der Waals surface area contributed by atoms with Gasteiger partial charge in [-0.15, -0.1) is 0 Å². The summed E-state index contributed by atoms with van der Waals surface area (Å²) >= 11 is 6.39. The molecule has 1 heterocycles. The lowest BCUT2D eigenvalue weighted by atomic mass is 10.1. The Kier molecular flexibility index (Phi) is 4.43. The van der Waals surface area contributed by atoms with Crippen LogP contribution >= 0.6 is 11.6 Å². The second-order valence-electron chi connectivity index (χ2n) is 4.81. The Bertz CT molecular complexity index is 710. The van der Waals surface area contributed by atoms with Crippen LogP contribution in [0.3, 0.4) is 0 Å². The number of hydrogen-bond acceptors (Lipinski definition) is 2. The Labute approximate surface area is 128 Å². The summed E-state index contributed by atoms with van der Waals surface area (Å²) in [5.41, 5.74) is 0. The normalized spacial score (nSPS) is 10.9. The predicted octanol–water partition coefficient (Wildman–Crippen LogP) is 3.23. The first-order valence-electron chi connectivity index (χ1n) is 6.99. The summed E-state index contributed by atoms with van der Waals surface area (Å²) in [6.07, 6.45) is 1.69. The van der Waals surface area contributed by atoms with Gasteiger partial charge in [0.2, 0.25) is 0 Å². The first-order chi connectivity index (χ1) is 10.3. The van der Waals surface area contributed by atoms with E-state index in [4.69, 9.17) is 20.8 Å². The molecule has 3 nitrogen and oxygen atoms in total. The van der Waals surface area contributed by atoms with Gasteiger partial charge in [-0.1, -0.05) is 41.9 Å². The highest BCUT2D eigenvalue weighted by atomic mass is 35.5. The predicted molar refractivity (Wildman–Crippen MR) is 83.7 cm³/mol. The highest BCUT2D eigenvalue weighted by Crippen LogP contribution is 2.32. The summed E-state index contributed by atoms with van der Waals surface area (Å²) < 4.78 is 11.0. The maximum Gasteiger partial charge on any atom is 0.157 e. The van der Waals surface area contributed by atoms with E-state index in [1.54, 1.807) is 6.26 Å². The molecule has 0 amide bonds. The molecule has 0 spiro atoms. The number of benzene rings is 2. The van der Waals surface area contributed by atoms with E-state index in [0.717, 1.165) is 35.4 Å². The molecule has 0 aliphatic heterocycles. The maximum absolute atomic E-state index is 6.39. The van der Waals surface area contributed by atoms with Crippen LogP contribution in [0.15, 0.2) is 59.2 Å². The van der Waals surface area contributed by atoms with Crippen LogP contribution in [0, 0.1) is 0 Å². The van der Waals surface area contributed by atoms with Crippen molar-refractivity contribution in [3.05, 3.63) is 65.6 Å². The van der Waals surface area contributed by atoms with Crippen LogP contribution in [0.4, 0.5) is 0 Å². The van der Waals surface area contributed by atoms with Gasteiger partial charge < -0.3 is 14.5 Å². The third-order valence-corrected chi connectivity index (χ3v) is 3.72. The smallest absolute Gasteiger partial charge is 0.157 e. The molecule has 0 aliphatic rings. The zero-order valence-electron chi connectivity index (χ0n) is 11.6. The van der Waals surface area contributed by atoms with Gasteiger partial charge >= 0.3 is 0 Å². The van der Waals surface area contributed by atoms with E-state index < -0.39 is 0 Å². The number of quaternary nitrogens is 1. The van der Waals surface area contributed by atoms with Crippen LogP contribution in [0.5, 0.6) is 5.75 Å². The van der Waals surface area contributed by atoms with Gasteiger partial charge in [-0.3, -0.25) is 0 Å². The monoisotopic (exact) mass is 302 g/mol. The number of furan rings is 1. The van der Waals surface area contributed by atoms with Gasteiger partial charge in [0.05, 0.1) is 11.3 Å². The minimum absolute atomic E-state index is 0.610. The van der Waals surface area contributed by atoms with Gasteiger partial charge in [0.15, 0.2) is 5.76 Å². The van der Waals surface area contributed by atoms with Crippen molar-refractivity contribution in [3.63, 3.8) is 0 Å². The fourth-order valence-corrected chi connectivity index (χ4v) is 2.54. The van der Waals surface area contributed by atoms with Crippen LogP contribution in [0.1, 0.15) is 5.76 Å². The second kappa shape index (κ2) is 6.66. The minimum Gasteiger partial charge on any atom is -0.486 e. The van der Waals surface area contributed by atoms with Crippen molar-refractivity contribution in [3.8, 4) is 5.75 Å². The molecule has 1 aromatic heterocycles. The van der Waals surface area contributed by atoms with Crippen molar-refractivity contribution >= 4 is 22.4 Å². The molecule has 108 valence electrons. The van der Waals surface area contributed by atoms with Crippen LogP contribution < -0.4 is 10.1 Å². The van der Waals surface area contributed by atoms with E-state index in [1.165, 1.54) is 0 Å². The molecule has 21 heavy (non-hydrogen) atoms. The lowest BCUT2D eigenvalue weighted by Gasteiger charge is -2.09. The maximum atomic E-state index is 6.39. The van der Waals surface area contributed by atoms with E-state index in [2.05, 4.69) is 5.32 Å². The van der Waals surface area contributed by atoms with Crippen molar-refractivity contribution < 1.29 is 14.5 Å². The SMILES string of the molecule is Clc1c(OCC[NH2+]Cc2ccco2)ccc2ccccc12. The molecule has 0 aliphatic carbocycles. The van der Waals surface area contributed by atoms with E-state index >= 15 is 0 Å². The molecule has 2 N–H and O–H groups in total. The summed E-state index contributed by atoms with van der Waals surface area (Å²) in [5, 5.41) is 4.97. The Morgan fingerprint density at radius 2 is 1.95 bits per heavy atom. The first-order valence-corrected chi connectivity index (χ1v) is 7.36. The average Bonchev–Trinajstić information content (AvgIpc) is 3.03. The fourth-order valence-electron chi connectivity index (χ4n) is 2.25. The molecule has 0 fully saturated rings. The lowest BCUT2D eigenvalue weighted by molar-refractivity contribution is -0.672. The Hall–Kier alpha value is -1.97. The standard InChI is InChI=1S/C17H16ClNO2/c18-17-15-6-2-1-4-13(15)7-8-16(17)21-11-9-19-12-14-5-3-10-20-14/h1-8,10,19H,9,11-12H2/p+1. The van der Waals surface area contributed by atoms with Crippen molar-refractivity contribution in [1.29, 1.82) is 0 Å². The zero-order valence-corrected chi connectivity index (χ0v) is 12.3. The summed E-state index contributed by atoms with van der Waals surface area (Å²) in [6.45, 7) is 2.28. The molecule has 0 bridgehead atoms. The van der Waals surface area contributed by atoms with Crippen molar-refractivity contribution in [2.75, 3.05) is 13.2 Å². The summed E-state index contributed by atoms with van der Waals surface area (Å²) in [4.78, 5) is 0. The molecule has 0 unspecified atom stereocenters. The van der Waals surface area contributed by atoms with Crippen molar-refractivity contribution in [2.24, 2.45) is 0 Å². The second-order valence-corrected chi connectivity index (χ2v) is 5.19. The van der Waals surface area contributed by atoms with Crippen LogP contribution in [0.2, 0.25) is 5.02 Å². The summed E-state index contributed by atoms with van der Waals surface area (Å²) in [6, 6.07) is 15.9. The first kappa shape index (κ1) is 14.0. The van der Waals surface area contributed by atoms with Gasteiger partial charge in [0.1, 0.15) is 25.4 Å². The lowest BCUT2D eigenvalue weighted by Crippen LogP contribution is -2.83. The Morgan fingerprint density at radius 1 is 1.05 bits per heavy atom. The number of ether oxygens (including phenoxy) is 1. The van der Waals surface area contributed by atoms with Gasteiger partial charge in [-0.05, 0) is 23.6 Å². The minimum atomic E-state index is 0.610. The molecule has 3 aromatic rings. The summed E-state index contributed by atoms with van der Waals surface area (Å²) in [5.74, 6) is 1.71. The molecule has 3 rings (SSSR count). The molecular weight excluding hydrogens is 286 g/mol.